The molecule has 3 fully saturated rings. The van der Waals surface area contributed by atoms with Crippen molar-refractivity contribution in [2.45, 2.75) is 61.6 Å². The zero-order valence-electron chi connectivity index (χ0n) is 19.6. The van der Waals surface area contributed by atoms with Crippen molar-refractivity contribution in [3.63, 3.8) is 0 Å². The van der Waals surface area contributed by atoms with Gasteiger partial charge in [0.25, 0.3) is 0 Å². The number of unbranched alkanes of at least 4 members (excludes halogenated alkanes) is 2. The summed E-state index contributed by atoms with van der Waals surface area (Å²) in [5.74, 6) is -1.42. The van der Waals surface area contributed by atoms with E-state index in [9.17, 15) is 19.5 Å². The molecule has 7 nitrogen and oxygen atoms in total. The number of amides is 3. The van der Waals surface area contributed by atoms with Gasteiger partial charge in [0.2, 0.25) is 17.7 Å². The van der Waals surface area contributed by atoms with Gasteiger partial charge in [-0.05, 0) is 24.3 Å². The summed E-state index contributed by atoms with van der Waals surface area (Å²) >= 11 is 1.65. The molecule has 3 saturated heterocycles. The van der Waals surface area contributed by atoms with Gasteiger partial charge in [0, 0.05) is 18.8 Å². The van der Waals surface area contributed by atoms with Gasteiger partial charge in [0.15, 0.2) is 0 Å². The van der Waals surface area contributed by atoms with Gasteiger partial charge in [0.05, 0.1) is 29.2 Å². The van der Waals surface area contributed by atoms with Crippen LogP contribution in [0.5, 0.6) is 0 Å². The molecule has 0 saturated carbocycles. The number of benzene rings is 1. The maximum absolute atomic E-state index is 14.1. The molecule has 33 heavy (non-hydrogen) atoms. The minimum absolute atomic E-state index is 0.0238. The van der Waals surface area contributed by atoms with Crippen LogP contribution in [-0.4, -0.2) is 64.0 Å². The molecule has 3 heterocycles. The normalized spacial score (nSPS) is 33.2. The summed E-state index contributed by atoms with van der Waals surface area (Å²) in [6.45, 7) is 4.49. The summed E-state index contributed by atoms with van der Waals surface area (Å²) in [5.41, 5.74) is 0.789. The number of nitrogens with one attached hydrogen (secondary N) is 2. The second-order valence-electron chi connectivity index (χ2n) is 9.52. The van der Waals surface area contributed by atoms with Crippen molar-refractivity contribution < 1.29 is 19.5 Å². The number of hydrogen-bond acceptors (Lipinski definition) is 5. The number of fused-ring (bicyclic) bond motifs is 1. The number of carbonyl (C=O) groups excluding carboxylic acids is 3. The van der Waals surface area contributed by atoms with E-state index in [0.29, 0.717) is 6.54 Å². The molecule has 180 valence electrons. The molecule has 7 atom stereocenters. The Bertz CT molecular complexity index is 897. The quantitative estimate of drug-likeness (QED) is 0.477. The second-order valence-corrected chi connectivity index (χ2v) is 11.1. The van der Waals surface area contributed by atoms with E-state index < -0.39 is 28.7 Å². The number of carbonyl (C=O) groups is 3. The van der Waals surface area contributed by atoms with E-state index in [1.165, 1.54) is 0 Å². The molecule has 3 N–H and O–H groups in total. The molecular formula is C25H35N3O4S. The van der Waals surface area contributed by atoms with Crippen molar-refractivity contribution in [2.24, 2.45) is 17.8 Å². The molecule has 1 spiro atoms. The van der Waals surface area contributed by atoms with Crippen LogP contribution in [0.4, 0.5) is 0 Å². The van der Waals surface area contributed by atoms with Crippen molar-refractivity contribution in [1.29, 1.82) is 0 Å². The van der Waals surface area contributed by atoms with Gasteiger partial charge in [-0.2, -0.15) is 0 Å². The van der Waals surface area contributed by atoms with Crippen LogP contribution in [-0.2, 0) is 14.4 Å². The summed E-state index contributed by atoms with van der Waals surface area (Å²) in [7, 11) is 1.60. The fourth-order valence-electron chi connectivity index (χ4n) is 6.27. The highest BCUT2D eigenvalue weighted by Gasteiger charge is 2.76. The van der Waals surface area contributed by atoms with Gasteiger partial charge in [0.1, 0.15) is 6.04 Å². The Morgan fingerprint density at radius 3 is 2.61 bits per heavy atom. The molecule has 0 aromatic heterocycles. The standard InChI is InChI=1S/C25H35N3O4S/c1-4-5-9-12-27-23(31)21-25-15(2)13-18(33-25)19(22(30)26-3)20(25)24(32)28(21)17(14-29)16-10-7-6-8-11-16/h6-8,10-11,15,17-21,29H,4-5,9,12-14H2,1-3H3,(H,26,30)(H,27,31)/t15?,17-,18+,19-,20+,21?,25?/m1/s1. The number of aliphatic hydroxyl groups is 1. The van der Waals surface area contributed by atoms with Crippen molar-refractivity contribution in [2.75, 3.05) is 20.2 Å². The molecule has 3 aliphatic heterocycles. The topological polar surface area (TPSA) is 98.7 Å². The fourth-order valence-corrected chi connectivity index (χ4v) is 8.68. The highest BCUT2D eigenvalue weighted by Crippen LogP contribution is 2.69. The Morgan fingerprint density at radius 1 is 1.24 bits per heavy atom. The van der Waals surface area contributed by atoms with Gasteiger partial charge >= 0.3 is 0 Å². The summed E-state index contributed by atoms with van der Waals surface area (Å²) in [6, 6.07) is 8.01. The average Bonchev–Trinajstić information content (AvgIpc) is 3.41. The molecule has 0 radical (unpaired) electrons. The van der Waals surface area contributed by atoms with Crippen LogP contribution in [0.1, 0.15) is 51.1 Å². The molecular weight excluding hydrogens is 438 g/mol. The number of likely N-dealkylation sites (tertiary alicyclic amines) is 1. The molecule has 8 heteroatoms. The Hall–Kier alpha value is -2.06. The van der Waals surface area contributed by atoms with Crippen molar-refractivity contribution in [3.8, 4) is 0 Å². The third kappa shape index (κ3) is 3.75. The predicted molar refractivity (Wildman–Crippen MR) is 128 cm³/mol. The zero-order chi connectivity index (χ0) is 23.8. The Morgan fingerprint density at radius 2 is 1.97 bits per heavy atom. The Kier molecular flexibility index (Phi) is 7.05. The van der Waals surface area contributed by atoms with E-state index in [0.717, 1.165) is 31.2 Å². The number of thioether (sulfide) groups is 1. The molecule has 1 aromatic carbocycles. The van der Waals surface area contributed by atoms with Crippen LogP contribution >= 0.6 is 11.8 Å². The Labute approximate surface area is 200 Å². The van der Waals surface area contributed by atoms with Gasteiger partial charge in [-0.3, -0.25) is 14.4 Å². The SMILES string of the molecule is CCCCCNC(=O)C1N([C@H](CO)c2ccccc2)C(=O)[C@@H]2[C@H](C(=O)NC)[C@@H]3CC(C)C12S3. The minimum atomic E-state index is -0.728. The van der Waals surface area contributed by atoms with E-state index in [2.05, 4.69) is 24.5 Å². The number of nitrogens with zero attached hydrogens (tertiary/aromatic N) is 1. The number of hydrogen-bond donors (Lipinski definition) is 3. The lowest BCUT2D eigenvalue weighted by atomic mass is 9.66. The monoisotopic (exact) mass is 473 g/mol. The van der Waals surface area contributed by atoms with Gasteiger partial charge in [-0.25, -0.2) is 0 Å². The van der Waals surface area contributed by atoms with Crippen molar-refractivity contribution in [1.82, 2.24) is 15.5 Å². The van der Waals surface area contributed by atoms with Crippen molar-refractivity contribution in [3.05, 3.63) is 35.9 Å². The first-order valence-corrected chi connectivity index (χ1v) is 12.9. The van der Waals surface area contributed by atoms with E-state index in [1.807, 2.05) is 30.3 Å². The maximum Gasteiger partial charge on any atom is 0.244 e. The van der Waals surface area contributed by atoms with E-state index in [4.69, 9.17) is 0 Å². The van der Waals surface area contributed by atoms with E-state index in [-0.39, 0.29) is 35.5 Å². The van der Waals surface area contributed by atoms with Crippen LogP contribution in [0, 0.1) is 17.8 Å². The number of aliphatic hydroxyl groups excluding tert-OH is 1. The first-order chi connectivity index (χ1) is 15.9. The van der Waals surface area contributed by atoms with Crippen LogP contribution in [0.25, 0.3) is 0 Å². The van der Waals surface area contributed by atoms with Gasteiger partial charge < -0.3 is 20.6 Å². The molecule has 3 amide bonds. The van der Waals surface area contributed by atoms with Crippen LogP contribution in [0.3, 0.4) is 0 Å². The lowest BCUT2D eigenvalue weighted by molar-refractivity contribution is -0.142. The third-order valence-electron chi connectivity index (χ3n) is 7.75. The van der Waals surface area contributed by atoms with Crippen LogP contribution < -0.4 is 10.6 Å². The first kappa shape index (κ1) is 24.1. The highest BCUT2D eigenvalue weighted by atomic mass is 32.2. The summed E-state index contributed by atoms with van der Waals surface area (Å²) in [4.78, 5) is 42.3. The zero-order valence-corrected chi connectivity index (χ0v) is 20.4. The average molecular weight is 474 g/mol. The smallest absolute Gasteiger partial charge is 0.244 e. The van der Waals surface area contributed by atoms with Crippen molar-refractivity contribution >= 4 is 29.5 Å². The molecule has 4 rings (SSSR count). The van der Waals surface area contributed by atoms with Gasteiger partial charge in [-0.1, -0.05) is 57.0 Å². The predicted octanol–water partition coefficient (Wildman–Crippen LogP) is 2.11. The molecule has 3 unspecified atom stereocenters. The summed E-state index contributed by atoms with van der Waals surface area (Å²) in [6.07, 6.45) is 3.76. The second kappa shape index (κ2) is 9.66. The molecule has 1 aromatic rings. The summed E-state index contributed by atoms with van der Waals surface area (Å²) in [5, 5.41) is 16.3. The third-order valence-corrected chi connectivity index (χ3v) is 9.83. The molecule has 3 aliphatic rings. The van der Waals surface area contributed by atoms with E-state index >= 15 is 0 Å². The fraction of sp³-hybridized carbons (Fsp3) is 0.640. The van der Waals surface area contributed by atoms with Crippen LogP contribution in [0.2, 0.25) is 0 Å². The van der Waals surface area contributed by atoms with Gasteiger partial charge in [-0.15, -0.1) is 11.8 Å². The highest BCUT2D eigenvalue weighted by molar-refractivity contribution is 8.02. The lowest BCUT2D eigenvalue weighted by Gasteiger charge is -2.40. The Balaban J connectivity index is 1.77. The van der Waals surface area contributed by atoms with Crippen LogP contribution in [0.15, 0.2) is 30.3 Å². The first-order valence-electron chi connectivity index (χ1n) is 12.1. The lowest BCUT2D eigenvalue weighted by Crippen LogP contribution is -2.57. The molecule has 2 bridgehead atoms. The van der Waals surface area contributed by atoms with E-state index in [1.54, 1.807) is 23.7 Å². The maximum atomic E-state index is 14.1. The largest absolute Gasteiger partial charge is 0.394 e. The summed E-state index contributed by atoms with van der Waals surface area (Å²) < 4.78 is -0.671. The molecule has 0 aliphatic carbocycles. The minimum Gasteiger partial charge on any atom is -0.394 e. The number of rotatable bonds is 9.